The van der Waals surface area contributed by atoms with Crippen LogP contribution < -0.4 is 4.74 Å². The highest BCUT2D eigenvalue weighted by Crippen LogP contribution is 2.35. The summed E-state index contributed by atoms with van der Waals surface area (Å²) in [4.78, 5) is 25.8. The van der Waals surface area contributed by atoms with Gasteiger partial charge in [0.05, 0.1) is 29.4 Å². The normalized spacial score (nSPS) is 13.5. The van der Waals surface area contributed by atoms with Crippen LogP contribution >= 0.6 is 23.2 Å². The van der Waals surface area contributed by atoms with Gasteiger partial charge in [-0.2, -0.15) is 5.10 Å². The predicted molar refractivity (Wildman–Crippen MR) is 91.6 cm³/mol. The molecule has 0 radical (unpaired) electrons. The molecule has 2 heterocycles. The molecule has 1 amide bonds. The quantitative estimate of drug-likeness (QED) is 0.880. The van der Waals surface area contributed by atoms with E-state index in [1.807, 2.05) is 0 Å². The van der Waals surface area contributed by atoms with Crippen LogP contribution in [-0.4, -0.2) is 45.3 Å². The molecular formula is C16H15Cl2N3O4. The van der Waals surface area contributed by atoms with Gasteiger partial charge in [-0.3, -0.25) is 9.48 Å². The monoisotopic (exact) mass is 383 g/mol. The van der Waals surface area contributed by atoms with Crippen molar-refractivity contribution in [2.45, 2.75) is 13.0 Å². The third-order valence-electron chi connectivity index (χ3n) is 4.21. The van der Waals surface area contributed by atoms with Crippen molar-refractivity contribution in [2.24, 2.45) is 7.05 Å². The lowest BCUT2D eigenvalue weighted by molar-refractivity contribution is 0.0688. The van der Waals surface area contributed by atoms with E-state index in [2.05, 4.69) is 5.10 Å². The van der Waals surface area contributed by atoms with Gasteiger partial charge in [-0.25, -0.2) is 4.79 Å². The van der Waals surface area contributed by atoms with E-state index >= 15 is 0 Å². The second kappa shape index (κ2) is 6.57. The van der Waals surface area contributed by atoms with Crippen molar-refractivity contribution in [1.29, 1.82) is 0 Å². The number of nitrogens with zero attached hydrogens (tertiary/aromatic N) is 3. The number of fused-ring (bicyclic) bond motifs is 1. The Hall–Kier alpha value is -2.25. The number of carboxylic acid groups (broad SMARTS) is 1. The molecule has 1 aromatic heterocycles. The maximum absolute atomic E-state index is 13.0. The number of carboxylic acids is 1. The molecule has 0 bridgehead atoms. The number of amides is 1. The third kappa shape index (κ3) is 2.94. The fourth-order valence-corrected chi connectivity index (χ4v) is 3.47. The van der Waals surface area contributed by atoms with Crippen molar-refractivity contribution in [1.82, 2.24) is 14.7 Å². The standard InChI is InChI=1S/C16H15Cl2N3O4/c1-20-11-7-21(6-5-8(11)13(19-20)16(23)24)15(22)12-9(17)3-4-10(18)14(12)25-2/h3-4H,5-7H2,1-2H3,(H,23,24). The summed E-state index contributed by atoms with van der Waals surface area (Å²) in [5.74, 6) is -1.18. The number of methoxy groups -OCH3 is 1. The Morgan fingerprint density at radius 3 is 2.60 bits per heavy atom. The first-order valence-corrected chi connectivity index (χ1v) is 8.20. The van der Waals surface area contributed by atoms with Crippen LogP contribution in [0.5, 0.6) is 5.75 Å². The van der Waals surface area contributed by atoms with Crippen LogP contribution in [0.2, 0.25) is 10.0 Å². The molecule has 25 heavy (non-hydrogen) atoms. The number of benzene rings is 1. The van der Waals surface area contributed by atoms with E-state index in [9.17, 15) is 14.7 Å². The molecule has 9 heteroatoms. The van der Waals surface area contributed by atoms with Crippen molar-refractivity contribution < 1.29 is 19.4 Å². The zero-order valence-electron chi connectivity index (χ0n) is 13.5. The van der Waals surface area contributed by atoms with Gasteiger partial charge in [-0.1, -0.05) is 23.2 Å². The Morgan fingerprint density at radius 2 is 1.96 bits per heavy atom. The molecular weight excluding hydrogens is 369 g/mol. The van der Waals surface area contributed by atoms with Gasteiger partial charge in [0.25, 0.3) is 5.91 Å². The van der Waals surface area contributed by atoms with E-state index in [0.29, 0.717) is 29.2 Å². The molecule has 3 rings (SSSR count). The maximum atomic E-state index is 13.0. The van der Waals surface area contributed by atoms with Gasteiger partial charge in [0.15, 0.2) is 11.4 Å². The van der Waals surface area contributed by atoms with E-state index in [1.165, 1.54) is 11.8 Å². The minimum absolute atomic E-state index is 0.0305. The molecule has 1 aliphatic heterocycles. The van der Waals surface area contributed by atoms with Crippen LogP contribution in [0.25, 0.3) is 0 Å². The first kappa shape index (κ1) is 17.6. The number of rotatable bonds is 3. The lowest BCUT2D eigenvalue weighted by atomic mass is 10.0. The molecule has 1 aromatic carbocycles. The largest absolute Gasteiger partial charge is 0.494 e. The Kier molecular flexibility index (Phi) is 4.62. The average molecular weight is 384 g/mol. The second-order valence-electron chi connectivity index (χ2n) is 5.62. The lowest BCUT2D eigenvalue weighted by Crippen LogP contribution is -2.37. The van der Waals surface area contributed by atoms with Crippen LogP contribution in [0.1, 0.15) is 32.1 Å². The van der Waals surface area contributed by atoms with E-state index < -0.39 is 5.97 Å². The summed E-state index contributed by atoms with van der Waals surface area (Å²) in [5, 5.41) is 13.8. The zero-order valence-corrected chi connectivity index (χ0v) is 15.1. The maximum Gasteiger partial charge on any atom is 0.356 e. The van der Waals surface area contributed by atoms with Gasteiger partial charge < -0.3 is 14.7 Å². The highest BCUT2D eigenvalue weighted by Gasteiger charge is 2.31. The second-order valence-corrected chi connectivity index (χ2v) is 6.43. The molecule has 0 atom stereocenters. The summed E-state index contributed by atoms with van der Waals surface area (Å²) >= 11 is 12.3. The van der Waals surface area contributed by atoms with Gasteiger partial charge in [-0.15, -0.1) is 0 Å². The third-order valence-corrected chi connectivity index (χ3v) is 4.83. The molecule has 0 spiro atoms. The molecule has 0 unspecified atom stereocenters. The predicted octanol–water partition coefficient (Wildman–Crippen LogP) is 2.63. The number of aryl methyl sites for hydroxylation is 1. The number of aromatic carboxylic acids is 1. The van der Waals surface area contributed by atoms with E-state index in [0.717, 1.165) is 0 Å². The molecule has 0 aliphatic carbocycles. The van der Waals surface area contributed by atoms with Crippen LogP contribution in [0.3, 0.4) is 0 Å². The van der Waals surface area contributed by atoms with Crippen molar-refractivity contribution in [3.05, 3.63) is 44.7 Å². The molecule has 1 N–H and O–H groups in total. The highest BCUT2D eigenvalue weighted by molar-refractivity contribution is 6.37. The summed E-state index contributed by atoms with van der Waals surface area (Å²) in [7, 11) is 3.08. The zero-order chi connectivity index (χ0) is 18.3. The van der Waals surface area contributed by atoms with Crippen molar-refractivity contribution in [3.8, 4) is 5.75 Å². The fraction of sp³-hybridized carbons (Fsp3) is 0.312. The van der Waals surface area contributed by atoms with E-state index in [1.54, 1.807) is 24.1 Å². The number of hydrogen-bond acceptors (Lipinski definition) is 4. The molecule has 0 fully saturated rings. The van der Waals surface area contributed by atoms with Gasteiger partial charge in [0.1, 0.15) is 5.56 Å². The number of halogens is 2. The summed E-state index contributed by atoms with van der Waals surface area (Å²) in [6.45, 7) is 0.584. The number of aromatic nitrogens is 2. The van der Waals surface area contributed by atoms with Gasteiger partial charge in [-0.05, 0) is 18.6 Å². The number of ether oxygens (including phenoxy) is 1. The summed E-state index contributed by atoms with van der Waals surface area (Å²) < 4.78 is 6.73. The minimum atomic E-state index is -1.07. The summed E-state index contributed by atoms with van der Waals surface area (Å²) in [6, 6.07) is 3.11. The number of carbonyl (C=O) groups is 2. The fourth-order valence-electron chi connectivity index (χ4n) is 3.01. The molecule has 7 nitrogen and oxygen atoms in total. The SMILES string of the molecule is COc1c(Cl)ccc(Cl)c1C(=O)N1CCc2c(C(=O)O)nn(C)c2C1. The Labute approximate surface area is 153 Å². The Balaban J connectivity index is 1.97. The van der Waals surface area contributed by atoms with Crippen LogP contribution in [-0.2, 0) is 20.0 Å². The lowest BCUT2D eigenvalue weighted by Gasteiger charge is -2.28. The summed E-state index contributed by atoms with van der Waals surface area (Å²) in [5.41, 5.74) is 1.57. The molecule has 132 valence electrons. The Bertz CT molecular complexity index is 879. The van der Waals surface area contributed by atoms with Crippen LogP contribution in [0, 0.1) is 0 Å². The first-order valence-electron chi connectivity index (χ1n) is 7.44. The first-order chi connectivity index (χ1) is 11.8. The molecule has 1 aliphatic rings. The number of hydrogen-bond donors (Lipinski definition) is 1. The highest BCUT2D eigenvalue weighted by atomic mass is 35.5. The van der Waals surface area contributed by atoms with Crippen molar-refractivity contribution >= 4 is 35.1 Å². The van der Waals surface area contributed by atoms with Gasteiger partial charge >= 0.3 is 5.97 Å². The Morgan fingerprint density at radius 1 is 1.28 bits per heavy atom. The molecule has 0 saturated carbocycles. The minimum Gasteiger partial charge on any atom is -0.494 e. The molecule has 2 aromatic rings. The smallest absolute Gasteiger partial charge is 0.356 e. The van der Waals surface area contributed by atoms with Crippen LogP contribution in [0.15, 0.2) is 12.1 Å². The topological polar surface area (TPSA) is 84.7 Å². The van der Waals surface area contributed by atoms with Gasteiger partial charge in [0.2, 0.25) is 0 Å². The van der Waals surface area contributed by atoms with Crippen molar-refractivity contribution in [3.63, 3.8) is 0 Å². The van der Waals surface area contributed by atoms with Crippen molar-refractivity contribution in [2.75, 3.05) is 13.7 Å². The molecule has 0 saturated heterocycles. The van der Waals surface area contributed by atoms with E-state index in [-0.39, 0.29) is 34.5 Å². The van der Waals surface area contributed by atoms with E-state index in [4.69, 9.17) is 27.9 Å². The average Bonchev–Trinajstić information content (AvgIpc) is 2.92. The van der Waals surface area contributed by atoms with Gasteiger partial charge in [0, 0.05) is 19.2 Å². The summed E-state index contributed by atoms with van der Waals surface area (Å²) in [6.07, 6.45) is 0.400. The number of carbonyl (C=O) groups excluding carboxylic acids is 1. The van der Waals surface area contributed by atoms with Crippen LogP contribution in [0.4, 0.5) is 0 Å².